The van der Waals surface area contributed by atoms with E-state index in [1.165, 1.54) is 51.4 Å². The van der Waals surface area contributed by atoms with E-state index in [9.17, 15) is 61.0 Å². The van der Waals surface area contributed by atoms with Gasteiger partial charge in [0, 0.05) is 6.42 Å². The predicted octanol–water partition coefficient (Wildman–Crippen LogP) is 0.0809. The highest BCUT2D eigenvalue weighted by molar-refractivity contribution is 5.76. The third-order valence-electron chi connectivity index (χ3n) is 12.0. The maximum absolute atomic E-state index is 12.9. The van der Waals surface area contributed by atoms with Crippen LogP contribution in [0.1, 0.15) is 123 Å². The van der Waals surface area contributed by atoms with Crippen LogP contribution in [0.4, 0.5) is 0 Å². The fraction of sp³-hybridized carbons (Fsp3) is 0.889. The van der Waals surface area contributed by atoms with Crippen LogP contribution in [0.15, 0.2) is 24.3 Å². The summed E-state index contributed by atoms with van der Waals surface area (Å²) in [5.74, 6) is -0.307. The van der Waals surface area contributed by atoms with E-state index in [0.717, 1.165) is 38.5 Å². The number of unbranched alkanes of at least 4 members (excludes halogenated alkanes) is 13. The van der Waals surface area contributed by atoms with Gasteiger partial charge in [-0.3, -0.25) is 4.79 Å². The Morgan fingerprint density at radius 1 is 0.547 bits per heavy atom. The van der Waals surface area contributed by atoms with Gasteiger partial charge in [0.2, 0.25) is 5.91 Å². The molecule has 0 spiro atoms. The van der Waals surface area contributed by atoms with Crippen LogP contribution >= 0.6 is 0 Å². The Morgan fingerprint density at radius 3 is 1.56 bits per heavy atom. The van der Waals surface area contributed by atoms with Crippen molar-refractivity contribution < 1.29 is 89.4 Å². The molecule has 3 heterocycles. The van der Waals surface area contributed by atoms with Crippen molar-refractivity contribution in [2.75, 3.05) is 26.4 Å². The van der Waals surface area contributed by atoms with Crippen molar-refractivity contribution in [1.29, 1.82) is 0 Å². The molecule has 0 aromatic carbocycles. The molecule has 0 bridgehead atoms. The second-order valence-corrected chi connectivity index (χ2v) is 17.2. The molecule has 0 aromatic rings. The molecular formula is C45H81NO18. The van der Waals surface area contributed by atoms with E-state index < -0.39 is 124 Å². The van der Waals surface area contributed by atoms with E-state index in [-0.39, 0.29) is 18.9 Å². The number of nitrogens with one attached hydrogen (secondary N) is 1. The van der Waals surface area contributed by atoms with E-state index in [4.69, 9.17) is 28.4 Å². The molecular weight excluding hydrogens is 842 g/mol. The van der Waals surface area contributed by atoms with E-state index in [2.05, 4.69) is 31.3 Å². The molecule has 374 valence electrons. The molecule has 3 aliphatic heterocycles. The molecule has 19 heteroatoms. The van der Waals surface area contributed by atoms with Gasteiger partial charge in [0.25, 0.3) is 0 Å². The van der Waals surface area contributed by atoms with Gasteiger partial charge >= 0.3 is 0 Å². The molecule has 1 amide bonds. The van der Waals surface area contributed by atoms with Gasteiger partial charge in [0.05, 0.1) is 38.6 Å². The van der Waals surface area contributed by atoms with Crippen LogP contribution in [0.2, 0.25) is 0 Å². The molecule has 3 saturated heterocycles. The molecule has 64 heavy (non-hydrogen) atoms. The van der Waals surface area contributed by atoms with Crippen molar-refractivity contribution in [1.82, 2.24) is 5.32 Å². The van der Waals surface area contributed by atoms with Crippen LogP contribution in [0.3, 0.4) is 0 Å². The van der Waals surface area contributed by atoms with E-state index in [0.29, 0.717) is 12.8 Å². The zero-order chi connectivity index (χ0) is 47.0. The minimum Gasteiger partial charge on any atom is -0.394 e. The molecule has 12 N–H and O–H groups in total. The summed E-state index contributed by atoms with van der Waals surface area (Å²) in [5.41, 5.74) is 0. The molecule has 3 aliphatic rings. The van der Waals surface area contributed by atoms with Crippen molar-refractivity contribution in [3.8, 4) is 0 Å². The monoisotopic (exact) mass is 924 g/mol. The Morgan fingerprint density at radius 2 is 1.00 bits per heavy atom. The zero-order valence-corrected chi connectivity index (χ0v) is 37.8. The normalized spacial score (nSPS) is 34.7. The lowest BCUT2D eigenvalue weighted by Crippen LogP contribution is -2.66. The summed E-state index contributed by atoms with van der Waals surface area (Å²) in [5, 5.41) is 119. The largest absolute Gasteiger partial charge is 0.394 e. The van der Waals surface area contributed by atoms with Crippen LogP contribution < -0.4 is 5.32 Å². The Labute approximate surface area is 378 Å². The summed E-state index contributed by atoms with van der Waals surface area (Å²) in [6.45, 7) is 1.50. The summed E-state index contributed by atoms with van der Waals surface area (Å²) < 4.78 is 33.9. The fourth-order valence-electron chi connectivity index (χ4n) is 7.97. The van der Waals surface area contributed by atoms with E-state index >= 15 is 0 Å². The average Bonchev–Trinajstić information content (AvgIpc) is 3.29. The summed E-state index contributed by atoms with van der Waals surface area (Å²) in [7, 11) is 0. The molecule has 3 fully saturated rings. The van der Waals surface area contributed by atoms with Gasteiger partial charge in [-0.1, -0.05) is 109 Å². The summed E-state index contributed by atoms with van der Waals surface area (Å²) in [6.07, 6.45) is -1.47. The standard InChI is InChI=1S/C45H81NO18/c1-3-5-7-9-10-11-12-13-14-15-16-17-18-19-20-22-29(50)28(46-33(51)23-21-8-6-4-2)27-59-43-39(57)36(54)41(31(25-48)61-43)64-45-40(58)37(55)42(32(26-49)62-45)63-44-38(56)35(53)34(52)30(24-47)60-44/h16-17,20,22,28-32,34-45,47-50,52-58H,3-15,18-19,21,23-27H2,1-2H3,(H,46,51)/b17-16+,22-20+. The number of hydrogen-bond acceptors (Lipinski definition) is 18. The first-order valence-corrected chi connectivity index (χ1v) is 23.6. The highest BCUT2D eigenvalue weighted by Gasteiger charge is 2.53. The van der Waals surface area contributed by atoms with Crippen molar-refractivity contribution >= 4 is 5.91 Å². The van der Waals surface area contributed by atoms with Crippen LogP contribution in [-0.2, 0) is 33.2 Å². The number of amides is 1. The zero-order valence-electron chi connectivity index (χ0n) is 37.8. The van der Waals surface area contributed by atoms with Gasteiger partial charge in [0.15, 0.2) is 18.9 Å². The first kappa shape index (κ1) is 56.6. The van der Waals surface area contributed by atoms with Crippen molar-refractivity contribution in [3.05, 3.63) is 24.3 Å². The van der Waals surface area contributed by atoms with Gasteiger partial charge in [-0.25, -0.2) is 0 Å². The number of allylic oxidation sites excluding steroid dienone is 3. The van der Waals surface area contributed by atoms with Crippen LogP contribution in [0.25, 0.3) is 0 Å². The quantitative estimate of drug-likeness (QED) is 0.0324. The highest BCUT2D eigenvalue weighted by Crippen LogP contribution is 2.33. The molecule has 19 nitrogen and oxygen atoms in total. The first-order valence-electron chi connectivity index (χ1n) is 23.6. The van der Waals surface area contributed by atoms with Gasteiger partial charge in [-0.05, 0) is 32.1 Å². The number of aliphatic hydroxyl groups is 11. The highest BCUT2D eigenvalue weighted by atomic mass is 16.8. The fourth-order valence-corrected chi connectivity index (χ4v) is 7.97. The SMILES string of the molecule is CCCCCCCCCCC/C=C/CC/C=C/C(O)C(COC1OC(CO)C(OC2OC(CO)C(OC3OC(CO)C(O)C(O)C3O)C(O)C2O)C(O)C1O)NC(=O)CCCCCC. The smallest absolute Gasteiger partial charge is 0.220 e. The molecule has 0 saturated carbocycles. The second-order valence-electron chi connectivity index (χ2n) is 17.2. The molecule has 17 unspecified atom stereocenters. The Hall–Kier alpha value is -1.73. The molecule has 0 aliphatic carbocycles. The Bertz CT molecular complexity index is 1290. The number of ether oxygens (including phenoxy) is 6. The molecule has 3 rings (SSSR count). The minimum absolute atomic E-state index is 0.227. The van der Waals surface area contributed by atoms with Crippen LogP contribution in [-0.4, -0.2) is 193 Å². The number of aliphatic hydroxyl groups excluding tert-OH is 11. The maximum Gasteiger partial charge on any atom is 0.220 e. The van der Waals surface area contributed by atoms with Crippen molar-refractivity contribution in [3.63, 3.8) is 0 Å². The average molecular weight is 924 g/mol. The van der Waals surface area contributed by atoms with E-state index in [1.54, 1.807) is 6.08 Å². The Kier molecular flexibility index (Phi) is 27.7. The van der Waals surface area contributed by atoms with Gasteiger partial charge < -0.3 is 89.9 Å². The minimum atomic E-state index is -1.98. The number of carbonyl (C=O) groups is 1. The van der Waals surface area contributed by atoms with Gasteiger partial charge in [-0.15, -0.1) is 0 Å². The molecule has 17 atom stereocenters. The van der Waals surface area contributed by atoms with Gasteiger partial charge in [-0.2, -0.15) is 0 Å². The van der Waals surface area contributed by atoms with E-state index in [1.807, 2.05) is 6.08 Å². The summed E-state index contributed by atoms with van der Waals surface area (Å²) in [4.78, 5) is 12.9. The lowest BCUT2D eigenvalue weighted by atomic mass is 9.96. The number of hydrogen-bond donors (Lipinski definition) is 12. The second kappa shape index (κ2) is 31.3. The topological polar surface area (TPSA) is 307 Å². The predicted molar refractivity (Wildman–Crippen MR) is 231 cm³/mol. The molecule has 0 aromatic heterocycles. The van der Waals surface area contributed by atoms with Crippen LogP contribution in [0, 0.1) is 0 Å². The van der Waals surface area contributed by atoms with Crippen molar-refractivity contribution in [2.24, 2.45) is 0 Å². The first-order chi connectivity index (χ1) is 30.8. The summed E-state index contributed by atoms with van der Waals surface area (Å²) >= 11 is 0. The summed E-state index contributed by atoms with van der Waals surface area (Å²) in [6, 6.07) is -0.979. The van der Waals surface area contributed by atoms with Gasteiger partial charge in [0.1, 0.15) is 73.2 Å². The lowest BCUT2D eigenvalue weighted by Gasteiger charge is -2.48. The number of rotatable bonds is 31. The third kappa shape index (κ3) is 18.1. The Balaban J connectivity index is 1.56. The third-order valence-corrected chi connectivity index (χ3v) is 12.0. The van der Waals surface area contributed by atoms with Crippen molar-refractivity contribution in [2.45, 2.75) is 227 Å². The number of carbonyl (C=O) groups excluding carboxylic acids is 1. The lowest BCUT2D eigenvalue weighted by molar-refractivity contribution is -0.379. The van der Waals surface area contributed by atoms with Crippen LogP contribution in [0.5, 0.6) is 0 Å². The molecule has 0 radical (unpaired) electrons. The maximum atomic E-state index is 12.9.